The summed E-state index contributed by atoms with van der Waals surface area (Å²) in [7, 11) is 0. The first-order valence-electron chi connectivity index (χ1n) is 5.00. The molecule has 0 spiro atoms. The van der Waals surface area contributed by atoms with Gasteiger partial charge < -0.3 is 15.2 Å². The number of cyclic esters (lactones) is 1. The van der Waals surface area contributed by atoms with Gasteiger partial charge in [-0.15, -0.1) is 12.4 Å². The highest BCUT2D eigenvalue weighted by atomic mass is 35.5. The number of alkyl carbamates (subject to hydrolysis) is 1. The molecule has 1 amide bonds. The molecule has 4 nitrogen and oxygen atoms in total. The maximum Gasteiger partial charge on any atom is 0.407 e. The Hall–Kier alpha value is -1.49. The molecule has 1 saturated heterocycles. The average molecular weight is 262 g/mol. The Morgan fingerprint density at radius 2 is 2.24 bits per heavy atom. The van der Waals surface area contributed by atoms with Crippen LogP contribution in [0.3, 0.4) is 0 Å². The van der Waals surface area contributed by atoms with Crippen molar-refractivity contribution < 1.29 is 19.0 Å². The van der Waals surface area contributed by atoms with E-state index in [0.717, 1.165) is 0 Å². The smallest absolute Gasteiger partial charge is 0.407 e. The maximum atomic E-state index is 13.2. The normalized spacial score (nSPS) is 18.9. The number of hydrogen-bond donors (Lipinski definition) is 2. The predicted octanol–water partition coefficient (Wildman–Crippen LogP) is 2.43. The largest absolute Gasteiger partial charge is 0.507 e. The number of ether oxygens (including phenoxy) is 1. The molecule has 1 aromatic carbocycles. The van der Waals surface area contributed by atoms with Crippen molar-refractivity contribution in [3.05, 3.63) is 29.1 Å². The van der Waals surface area contributed by atoms with Gasteiger partial charge in [0.05, 0.1) is 12.6 Å². The summed E-state index contributed by atoms with van der Waals surface area (Å²) in [6.07, 6.45) is -0.0279. The Labute approximate surface area is 104 Å². The molecule has 0 radical (unpaired) electrons. The van der Waals surface area contributed by atoms with E-state index in [1.807, 2.05) is 0 Å². The first kappa shape index (κ1) is 13.6. The van der Waals surface area contributed by atoms with Crippen LogP contribution < -0.4 is 5.32 Å². The van der Waals surface area contributed by atoms with Crippen molar-refractivity contribution in [2.45, 2.75) is 19.4 Å². The van der Waals surface area contributed by atoms with Crippen LogP contribution in [0.2, 0.25) is 0 Å². The second-order valence-electron chi connectivity index (χ2n) is 3.78. The molecule has 1 fully saturated rings. The molecular weight excluding hydrogens is 249 g/mol. The summed E-state index contributed by atoms with van der Waals surface area (Å²) in [5.41, 5.74) is 0.852. The molecule has 1 heterocycles. The molecule has 1 aliphatic rings. The Kier molecular flexibility index (Phi) is 4.17. The lowest BCUT2D eigenvalue weighted by Gasteiger charge is -2.24. The summed E-state index contributed by atoms with van der Waals surface area (Å²) < 4.78 is 17.9. The predicted molar refractivity (Wildman–Crippen MR) is 61.9 cm³/mol. The summed E-state index contributed by atoms with van der Waals surface area (Å²) >= 11 is 0. The quantitative estimate of drug-likeness (QED) is 0.816. The zero-order valence-corrected chi connectivity index (χ0v) is 10.0. The number of phenolic OH excluding ortho intramolecular Hbond substituents is 1. The zero-order chi connectivity index (χ0) is 11.7. The van der Waals surface area contributed by atoms with E-state index < -0.39 is 18.0 Å². The van der Waals surface area contributed by atoms with E-state index in [1.165, 1.54) is 12.1 Å². The van der Waals surface area contributed by atoms with Gasteiger partial charge in [0.15, 0.2) is 0 Å². The Bertz CT molecular complexity index is 439. The van der Waals surface area contributed by atoms with Crippen LogP contribution in [0.15, 0.2) is 12.1 Å². The minimum absolute atomic E-state index is 0. The molecule has 6 heteroatoms. The number of nitrogens with one attached hydrogen (secondary N) is 1. The Morgan fingerprint density at radius 1 is 1.53 bits per heavy atom. The van der Waals surface area contributed by atoms with E-state index in [4.69, 9.17) is 4.74 Å². The second kappa shape index (κ2) is 5.23. The lowest BCUT2D eigenvalue weighted by Crippen LogP contribution is -2.35. The van der Waals surface area contributed by atoms with Crippen LogP contribution in [0.5, 0.6) is 5.75 Å². The number of carbonyl (C=O) groups excluding carboxylic acids is 1. The van der Waals surface area contributed by atoms with E-state index in [-0.39, 0.29) is 24.8 Å². The highest BCUT2D eigenvalue weighted by Gasteiger charge is 2.24. The number of benzene rings is 1. The summed E-state index contributed by atoms with van der Waals surface area (Å²) in [6, 6.07) is 2.09. The van der Waals surface area contributed by atoms with Crippen LogP contribution in [0.4, 0.5) is 9.18 Å². The van der Waals surface area contributed by atoms with Gasteiger partial charge in [-0.1, -0.05) is 0 Å². The van der Waals surface area contributed by atoms with E-state index in [0.29, 0.717) is 17.5 Å². The van der Waals surface area contributed by atoms with Gasteiger partial charge in [0.25, 0.3) is 0 Å². The topological polar surface area (TPSA) is 58.6 Å². The van der Waals surface area contributed by atoms with Crippen molar-refractivity contribution in [2.75, 3.05) is 6.61 Å². The van der Waals surface area contributed by atoms with Gasteiger partial charge >= 0.3 is 6.09 Å². The molecule has 94 valence electrons. The summed E-state index contributed by atoms with van der Waals surface area (Å²) in [4.78, 5) is 11.0. The number of phenols is 1. The molecule has 17 heavy (non-hydrogen) atoms. The number of rotatable bonds is 1. The molecule has 2 N–H and O–H groups in total. The third-order valence-electron chi connectivity index (χ3n) is 2.60. The third-order valence-corrected chi connectivity index (χ3v) is 2.60. The van der Waals surface area contributed by atoms with Gasteiger partial charge in [0, 0.05) is 12.0 Å². The maximum absolute atomic E-state index is 13.2. The molecule has 1 atom stereocenters. The fourth-order valence-corrected chi connectivity index (χ4v) is 1.79. The summed E-state index contributed by atoms with van der Waals surface area (Å²) in [5.74, 6) is -0.403. The monoisotopic (exact) mass is 261 g/mol. The summed E-state index contributed by atoms with van der Waals surface area (Å²) in [6.45, 7) is 1.88. The van der Waals surface area contributed by atoms with Crippen molar-refractivity contribution >= 4 is 18.5 Å². The molecule has 0 unspecified atom stereocenters. The Balaban J connectivity index is 0.00000144. The van der Waals surface area contributed by atoms with Crippen LogP contribution >= 0.6 is 12.4 Å². The standard InChI is InChI=1S/C11H12FNO3.ClH/c1-6-4-7(12)5-8(10(6)14)9-2-3-16-11(15)13-9;/h4-5,9,14H,2-3H2,1H3,(H,13,15);1H/t9-;/m1./s1. The van der Waals surface area contributed by atoms with Crippen LogP contribution in [0, 0.1) is 12.7 Å². The minimum atomic E-state index is -0.544. The second-order valence-corrected chi connectivity index (χ2v) is 3.78. The highest BCUT2D eigenvalue weighted by Crippen LogP contribution is 2.31. The van der Waals surface area contributed by atoms with Gasteiger partial charge in [0.2, 0.25) is 0 Å². The van der Waals surface area contributed by atoms with Gasteiger partial charge in [0.1, 0.15) is 11.6 Å². The van der Waals surface area contributed by atoms with Crippen molar-refractivity contribution in [3.8, 4) is 5.75 Å². The molecule has 0 saturated carbocycles. The molecule has 1 aromatic rings. The van der Waals surface area contributed by atoms with Crippen LogP contribution in [-0.2, 0) is 4.74 Å². The van der Waals surface area contributed by atoms with Crippen LogP contribution in [0.1, 0.15) is 23.6 Å². The number of hydrogen-bond acceptors (Lipinski definition) is 3. The lowest BCUT2D eigenvalue weighted by molar-refractivity contribution is 0.115. The van der Waals surface area contributed by atoms with Gasteiger partial charge in [-0.2, -0.15) is 0 Å². The van der Waals surface area contributed by atoms with Crippen molar-refractivity contribution in [3.63, 3.8) is 0 Å². The Morgan fingerprint density at radius 3 is 2.88 bits per heavy atom. The molecule has 1 aliphatic heterocycles. The van der Waals surface area contributed by atoms with Gasteiger partial charge in [-0.3, -0.25) is 0 Å². The number of aryl methyl sites for hydroxylation is 1. The number of halogens is 2. The van der Waals surface area contributed by atoms with Gasteiger partial charge in [-0.05, 0) is 24.6 Å². The van der Waals surface area contributed by atoms with E-state index in [1.54, 1.807) is 6.92 Å². The van der Waals surface area contributed by atoms with E-state index in [9.17, 15) is 14.3 Å². The van der Waals surface area contributed by atoms with Gasteiger partial charge in [-0.25, -0.2) is 9.18 Å². The van der Waals surface area contributed by atoms with Crippen molar-refractivity contribution in [1.29, 1.82) is 0 Å². The molecule has 0 bridgehead atoms. The number of aromatic hydroxyl groups is 1. The molecule has 2 rings (SSSR count). The number of carbonyl (C=O) groups is 1. The van der Waals surface area contributed by atoms with E-state index in [2.05, 4.69) is 5.32 Å². The third kappa shape index (κ3) is 2.79. The van der Waals surface area contributed by atoms with Crippen LogP contribution in [-0.4, -0.2) is 17.8 Å². The fourth-order valence-electron chi connectivity index (χ4n) is 1.79. The first-order chi connectivity index (χ1) is 7.58. The average Bonchev–Trinajstić information content (AvgIpc) is 2.23. The first-order valence-corrected chi connectivity index (χ1v) is 5.00. The lowest BCUT2D eigenvalue weighted by atomic mass is 9.99. The van der Waals surface area contributed by atoms with Crippen LogP contribution in [0.25, 0.3) is 0 Å². The minimum Gasteiger partial charge on any atom is -0.507 e. The van der Waals surface area contributed by atoms with Crippen molar-refractivity contribution in [1.82, 2.24) is 5.32 Å². The highest BCUT2D eigenvalue weighted by molar-refractivity contribution is 5.85. The summed E-state index contributed by atoms with van der Waals surface area (Å²) in [5, 5.41) is 12.3. The van der Waals surface area contributed by atoms with Crippen molar-refractivity contribution in [2.24, 2.45) is 0 Å². The zero-order valence-electron chi connectivity index (χ0n) is 9.20. The number of amides is 1. The van der Waals surface area contributed by atoms with E-state index >= 15 is 0 Å². The fraction of sp³-hybridized carbons (Fsp3) is 0.364. The molecule has 0 aliphatic carbocycles. The molecular formula is C11H13ClFNO3. The SMILES string of the molecule is Cc1cc(F)cc([C@H]2CCOC(=O)N2)c1O.Cl. The molecule has 0 aromatic heterocycles.